The fraction of sp³-hybridized carbons (Fsp3) is 0.312. The summed E-state index contributed by atoms with van der Waals surface area (Å²) >= 11 is 0. The van der Waals surface area contributed by atoms with E-state index in [4.69, 9.17) is 4.74 Å². The Labute approximate surface area is 120 Å². The van der Waals surface area contributed by atoms with Crippen LogP contribution in [-0.4, -0.2) is 19.1 Å². The van der Waals surface area contributed by atoms with Gasteiger partial charge in [-0.05, 0) is 37.7 Å². The Morgan fingerprint density at radius 1 is 1.20 bits per heavy atom. The minimum atomic E-state index is 0.266. The third kappa shape index (κ3) is 3.48. The predicted molar refractivity (Wildman–Crippen MR) is 82.0 cm³/mol. The maximum atomic E-state index is 5.16. The molecule has 0 radical (unpaired) electrons. The van der Waals surface area contributed by atoms with Crippen molar-refractivity contribution in [1.29, 1.82) is 0 Å². The van der Waals surface area contributed by atoms with E-state index in [-0.39, 0.29) is 6.04 Å². The molecule has 1 unspecified atom stereocenters. The number of hydrogen-bond acceptors (Lipinski definition) is 4. The quantitative estimate of drug-likeness (QED) is 0.848. The second-order valence-corrected chi connectivity index (χ2v) is 4.65. The first-order valence-electron chi connectivity index (χ1n) is 6.73. The second-order valence-electron chi connectivity index (χ2n) is 4.65. The largest absolute Gasteiger partial charge is 0.497 e. The highest BCUT2D eigenvalue weighted by Gasteiger charge is 2.09. The van der Waals surface area contributed by atoms with Crippen LogP contribution in [0.5, 0.6) is 5.75 Å². The summed E-state index contributed by atoms with van der Waals surface area (Å²) in [7, 11) is 3.62. The number of anilines is 1. The minimum absolute atomic E-state index is 0.266. The lowest BCUT2D eigenvalue weighted by Gasteiger charge is -2.16. The summed E-state index contributed by atoms with van der Waals surface area (Å²) in [5.74, 6) is 1.79. The fourth-order valence-electron chi connectivity index (χ4n) is 2.00. The molecule has 0 aliphatic carbocycles. The van der Waals surface area contributed by atoms with Gasteiger partial charge < -0.3 is 15.4 Å². The van der Waals surface area contributed by atoms with E-state index in [0.717, 1.165) is 18.1 Å². The molecule has 0 aliphatic rings. The molecule has 2 rings (SSSR count). The Hall–Kier alpha value is -2.07. The maximum absolute atomic E-state index is 5.16. The maximum Gasteiger partial charge on any atom is 0.130 e. The first-order valence-corrected chi connectivity index (χ1v) is 6.73. The van der Waals surface area contributed by atoms with Crippen molar-refractivity contribution in [3.63, 3.8) is 0 Å². The van der Waals surface area contributed by atoms with E-state index in [1.807, 2.05) is 31.4 Å². The van der Waals surface area contributed by atoms with Crippen molar-refractivity contribution in [3.8, 4) is 5.75 Å². The Kier molecular flexibility index (Phi) is 4.96. The molecule has 0 spiro atoms. The summed E-state index contributed by atoms with van der Waals surface area (Å²) in [6.07, 6.45) is 1.81. The normalized spacial score (nSPS) is 11.9. The van der Waals surface area contributed by atoms with Crippen molar-refractivity contribution >= 4 is 5.82 Å². The lowest BCUT2D eigenvalue weighted by molar-refractivity contribution is 0.414. The van der Waals surface area contributed by atoms with Crippen LogP contribution >= 0.6 is 0 Å². The molecular weight excluding hydrogens is 250 g/mol. The zero-order chi connectivity index (χ0) is 14.4. The summed E-state index contributed by atoms with van der Waals surface area (Å²) in [5.41, 5.74) is 2.36. The number of ether oxygens (including phenoxy) is 1. The number of nitrogens with zero attached hydrogens (tertiary/aromatic N) is 1. The molecule has 4 heteroatoms. The summed E-state index contributed by atoms with van der Waals surface area (Å²) in [6, 6.07) is 12.3. The van der Waals surface area contributed by atoms with E-state index in [0.29, 0.717) is 0 Å². The molecule has 106 valence electrons. The zero-order valence-electron chi connectivity index (χ0n) is 12.2. The molecule has 2 N–H and O–H groups in total. The van der Waals surface area contributed by atoms with Gasteiger partial charge in [0, 0.05) is 24.3 Å². The standard InChI is InChI=1S/C16H21N3O/c1-12(17-2)15-5-4-10-18-16(15)19-11-13-6-8-14(20-3)9-7-13/h4-10,12,17H,11H2,1-3H3,(H,18,19). The van der Waals surface area contributed by atoms with E-state index in [1.54, 1.807) is 7.11 Å². The average molecular weight is 271 g/mol. The summed E-state index contributed by atoms with van der Waals surface area (Å²) in [6.45, 7) is 2.86. The SMILES string of the molecule is CNC(C)c1cccnc1NCc1ccc(OC)cc1. The molecule has 0 saturated heterocycles. The molecule has 20 heavy (non-hydrogen) atoms. The molecule has 0 amide bonds. The van der Waals surface area contributed by atoms with E-state index in [1.165, 1.54) is 11.1 Å². The third-order valence-corrected chi connectivity index (χ3v) is 3.36. The fourth-order valence-corrected chi connectivity index (χ4v) is 2.00. The lowest BCUT2D eigenvalue weighted by atomic mass is 10.1. The van der Waals surface area contributed by atoms with Gasteiger partial charge in [0.1, 0.15) is 11.6 Å². The van der Waals surface area contributed by atoms with Crippen LogP contribution in [0.4, 0.5) is 5.82 Å². The van der Waals surface area contributed by atoms with Crippen LogP contribution < -0.4 is 15.4 Å². The Balaban J connectivity index is 2.06. The molecule has 1 aromatic heterocycles. The molecule has 0 saturated carbocycles. The minimum Gasteiger partial charge on any atom is -0.497 e. The van der Waals surface area contributed by atoms with Gasteiger partial charge in [-0.1, -0.05) is 18.2 Å². The number of hydrogen-bond donors (Lipinski definition) is 2. The highest BCUT2D eigenvalue weighted by molar-refractivity contribution is 5.46. The van der Waals surface area contributed by atoms with Crippen LogP contribution in [-0.2, 0) is 6.54 Å². The molecule has 1 atom stereocenters. The van der Waals surface area contributed by atoms with Gasteiger partial charge >= 0.3 is 0 Å². The number of pyridine rings is 1. The van der Waals surface area contributed by atoms with Crippen molar-refractivity contribution in [2.24, 2.45) is 0 Å². The van der Waals surface area contributed by atoms with Gasteiger partial charge in [-0.3, -0.25) is 0 Å². The molecule has 0 bridgehead atoms. The Morgan fingerprint density at radius 2 is 1.95 bits per heavy atom. The monoisotopic (exact) mass is 271 g/mol. The summed E-state index contributed by atoms with van der Waals surface area (Å²) < 4.78 is 5.16. The second kappa shape index (κ2) is 6.91. The first-order chi connectivity index (χ1) is 9.74. The van der Waals surface area contributed by atoms with Crippen molar-refractivity contribution < 1.29 is 4.74 Å². The van der Waals surface area contributed by atoms with Gasteiger partial charge in [0.2, 0.25) is 0 Å². The van der Waals surface area contributed by atoms with Crippen LogP contribution in [0.1, 0.15) is 24.1 Å². The van der Waals surface area contributed by atoms with E-state index in [2.05, 4.69) is 40.7 Å². The molecule has 1 aromatic carbocycles. The number of benzene rings is 1. The van der Waals surface area contributed by atoms with Crippen LogP contribution in [0.15, 0.2) is 42.6 Å². The number of aromatic nitrogens is 1. The lowest BCUT2D eigenvalue weighted by Crippen LogP contribution is -2.15. The van der Waals surface area contributed by atoms with Crippen LogP contribution in [0, 0.1) is 0 Å². The van der Waals surface area contributed by atoms with Gasteiger partial charge in [0.25, 0.3) is 0 Å². The van der Waals surface area contributed by atoms with E-state index in [9.17, 15) is 0 Å². The molecule has 0 aliphatic heterocycles. The molecule has 4 nitrogen and oxygen atoms in total. The first kappa shape index (κ1) is 14.3. The molecule has 2 aromatic rings. The van der Waals surface area contributed by atoms with E-state index < -0.39 is 0 Å². The number of nitrogens with one attached hydrogen (secondary N) is 2. The highest BCUT2D eigenvalue weighted by Crippen LogP contribution is 2.20. The smallest absolute Gasteiger partial charge is 0.130 e. The summed E-state index contributed by atoms with van der Waals surface area (Å²) in [5, 5.41) is 6.63. The average Bonchev–Trinajstić information content (AvgIpc) is 2.53. The number of rotatable bonds is 6. The van der Waals surface area contributed by atoms with Gasteiger partial charge in [-0.2, -0.15) is 0 Å². The van der Waals surface area contributed by atoms with Gasteiger partial charge in [-0.15, -0.1) is 0 Å². The molecular formula is C16H21N3O. The van der Waals surface area contributed by atoms with Gasteiger partial charge in [-0.25, -0.2) is 4.98 Å². The van der Waals surface area contributed by atoms with Crippen molar-refractivity contribution in [2.75, 3.05) is 19.5 Å². The zero-order valence-corrected chi connectivity index (χ0v) is 12.2. The van der Waals surface area contributed by atoms with Gasteiger partial charge in [0.05, 0.1) is 7.11 Å². The van der Waals surface area contributed by atoms with Crippen LogP contribution in [0.2, 0.25) is 0 Å². The predicted octanol–water partition coefficient (Wildman–Crippen LogP) is 2.98. The van der Waals surface area contributed by atoms with Crippen molar-refractivity contribution in [3.05, 3.63) is 53.7 Å². The van der Waals surface area contributed by atoms with Crippen LogP contribution in [0.25, 0.3) is 0 Å². The molecule has 0 fully saturated rings. The van der Waals surface area contributed by atoms with Crippen molar-refractivity contribution in [2.45, 2.75) is 19.5 Å². The van der Waals surface area contributed by atoms with Crippen LogP contribution in [0.3, 0.4) is 0 Å². The third-order valence-electron chi connectivity index (χ3n) is 3.36. The Morgan fingerprint density at radius 3 is 2.60 bits per heavy atom. The molecule has 1 heterocycles. The number of methoxy groups -OCH3 is 1. The summed E-state index contributed by atoms with van der Waals surface area (Å²) in [4.78, 5) is 4.42. The Bertz CT molecular complexity index is 540. The topological polar surface area (TPSA) is 46.2 Å². The van der Waals surface area contributed by atoms with Crippen molar-refractivity contribution in [1.82, 2.24) is 10.3 Å². The van der Waals surface area contributed by atoms with Gasteiger partial charge in [0.15, 0.2) is 0 Å². The highest BCUT2D eigenvalue weighted by atomic mass is 16.5. The van der Waals surface area contributed by atoms with E-state index >= 15 is 0 Å².